The summed E-state index contributed by atoms with van der Waals surface area (Å²) >= 11 is 0. The van der Waals surface area contributed by atoms with E-state index in [0.29, 0.717) is 19.0 Å². The van der Waals surface area contributed by atoms with Crippen LogP contribution in [0.15, 0.2) is 24.3 Å². The number of hydrogen-bond acceptors (Lipinski definition) is 4. The zero-order valence-corrected chi connectivity index (χ0v) is 12.5. The molecular weight excluding hydrogens is 266 g/mol. The molecule has 1 aromatic rings. The van der Waals surface area contributed by atoms with Crippen LogP contribution in [0.5, 0.6) is 0 Å². The Bertz CT molecular complexity index is 491. The van der Waals surface area contributed by atoms with Crippen LogP contribution in [0, 0.1) is 0 Å². The van der Waals surface area contributed by atoms with Crippen LogP contribution in [0.2, 0.25) is 0 Å². The Morgan fingerprint density at radius 1 is 1.24 bits per heavy atom. The first-order valence-electron chi connectivity index (χ1n) is 7.49. The summed E-state index contributed by atoms with van der Waals surface area (Å²) in [6.45, 7) is 3.98. The molecule has 0 atom stereocenters. The molecule has 0 aliphatic carbocycles. The van der Waals surface area contributed by atoms with Crippen LogP contribution in [-0.4, -0.2) is 42.3 Å². The molecule has 1 fully saturated rings. The van der Waals surface area contributed by atoms with Gasteiger partial charge in [0.05, 0.1) is 6.54 Å². The summed E-state index contributed by atoms with van der Waals surface area (Å²) in [5, 5.41) is 3.48. The van der Waals surface area contributed by atoms with Crippen molar-refractivity contribution < 1.29 is 9.59 Å². The molecule has 0 aromatic heterocycles. The summed E-state index contributed by atoms with van der Waals surface area (Å²) in [5.74, 6) is -0.0982. The van der Waals surface area contributed by atoms with Crippen molar-refractivity contribution in [2.24, 2.45) is 5.73 Å². The molecule has 114 valence electrons. The summed E-state index contributed by atoms with van der Waals surface area (Å²) in [4.78, 5) is 24.6. The smallest absolute Gasteiger partial charge is 0.231 e. The Morgan fingerprint density at radius 2 is 1.86 bits per heavy atom. The molecule has 0 radical (unpaired) electrons. The van der Waals surface area contributed by atoms with Crippen molar-refractivity contribution in [1.29, 1.82) is 0 Å². The Kier molecular flexibility index (Phi) is 5.33. The number of likely N-dealkylation sites (tertiary alicyclic amines) is 1. The normalized spacial score (nSPS) is 16.6. The highest BCUT2D eigenvalue weighted by molar-refractivity contribution is 5.96. The fourth-order valence-electron chi connectivity index (χ4n) is 2.65. The molecule has 3 N–H and O–H groups in total. The third-order valence-electron chi connectivity index (χ3n) is 3.87. The van der Waals surface area contributed by atoms with Gasteiger partial charge in [0.15, 0.2) is 5.78 Å². The summed E-state index contributed by atoms with van der Waals surface area (Å²) in [6.07, 6.45) is 2.51. The maximum atomic E-state index is 11.6. The van der Waals surface area contributed by atoms with E-state index in [0.717, 1.165) is 37.2 Å². The standard InChI is InChI=1S/C16H23N3O2/c1-2-15(20)12-3-5-13(6-4-12)18-14-7-9-19(10-8-14)11-16(17)21/h3-6,14,18H,2,7-11H2,1H3,(H2,17,21). The molecule has 1 heterocycles. The first-order valence-corrected chi connectivity index (χ1v) is 7.49. The second-order valence-corrected chi connectivity index (χ2v) is 5.52. The van der Waals surface area contributed by atoms with Crippen molar-refractivity contribution in [3.05, 3.63) is 29.8 Å². The zero-order chi connectivity index (χ0) is 15.2. The predicted molar refractivity (Wildman–Crippen MR) is 83.3 cm³/mol. The number of nitrogens with zero attached hydrogens (tertiary/aromatic N) is 1. The summed E-state index contributed by atoms with van der Waals surface area (Å²) in [7, 11) is 0. The molecule has 0 unspecified atom stereocenters. The van der Waals surface area contributed by atoms with E-state index < -0.39 is 0 Å². The van der Waals surface area contributed by atoms with Gasteiger partial charge < -0.3 is 11.1 Å². The van der Waals surface area contributed by atoms with Gasteiger partial charge in [0, 0.05) is 36.8 Å². The average molecular weight is 289 g/mol. The van der Waals surface area contributed by atoms with E-state index in [1.807, 2.05) is 31.2 Å². The molecule has 0 bridgehead atoms. The highest BCUT2D eigenvalue weighted by Crippen LogP contribution is 2.17. The highest BCUT2D eigenvalue weighted by Gasteiger charge is 2.19. The zero-order valence-electron chi connectivity index (χ0n) is 12.5. The minimum atomic E-state index is -0.266. The number of nitrogens with two attached hydrogens (primary N) is 1. The second kappa shape index (κ2) is 7.22. The lowest BCUT2D eigenvalue weighted by Crippen LogP contribution is -2.42. The molecule has 1 aliphatic heterocycles. The first kappa shape index (κ1) is 15.5. The minimum absolute atomic E-state index is 0.168. The summed E-state index contributed by atoms with van der Waals surface area (Å²) in [5.41, 5.74) is 7.01. The van der Waals surface area contributed by atoms with E-state index in [2.05, 4.69) is 10.2 Å². The van der Waals surface area contributed by atoms with E-state index in [4.69, 9.17) is 5.73 Å². The van der Waals surface area contributed by atoms with Crippen LogP contribution in [0.4, 0.5) is 5.69 Å². The number of benzene rings is 1. The van der Waals surface area contributed by atoms with Crippen LogP contribution >= 0.6 is 0 Å². The monoisotopic (exact) mass is 289 g/mol. The minimum Gasteiger partial charge on any atom is -0.382 e. The van der Waals surface area contributed by atoms with Crippen molar-refractivity contribution in [1.82, 2.24) is 4.90 Å². The topological polar surface area (TPSA) is 75.4 Å². The van der Waals surface area contributed by atoms with Gasteiger partial charge >= 0.3 is 0 Å². The van der Waals surface area contributed by atoms with Crippen molar-refractivity contribution in [2.75, 3.05) is 25.0 Å². The molecular formula is C16H23N3O2. The van der Waals surface area contributed by atoms with Gasteiger partial charge in [-0.05, 0) is 37.1 Å². The number of anilines is 1. The van der Waals surface area contributed by atoms with E-state index in [-0.39, 0.29) is 11.7 Å². The Hall–Kier alpha value is -1.88. The molecule has 21 heavy (non-hydrogen) atoms. The summed E-state index contributed by atoms with van der Waals surface area (Å²) in [6, 6.07) is 8.06. The van der Waals surface area contributed by atoms with Crippen LogP contribution in [-0.2, 0) is 4.79 Å². The number of Topliss-reactive ketones (excluding diaryl/α,β-unsaturated/α-hetero) is 1. The van der Waals surface area contributed by atoms with Crippen LogP contribution in [0.25, 0.3) is 0 Å². The van der Waals surface area contributed by atoms with E-state index in [1.54, 1.807) is 0 Å². The van der Waals surface area contributed by atoms with Gasteiger partial charge in [-0.1, -0.05) is 6.92 Å². The Labute approximate surface area is 125 Å². The van der Waals surface area contributed by atoms with Gasteiger partial charge in [-0.25, -0.2) is 0 Å². The average Bonchev–Trinajstić information content (AvgIpc) is 2.49. The van der Waals surface area contributed by atoms with Crippen LogP contribution < -0.4 is 11.1 Å². The molecule has 5 nitrogen and oxygen atoms in total. The van der Waals surface area contributed by atoms with Gasteiger partial charge in [0.1, 0.15) is 0 Å². The first-order chi connectivity index (χ1) is 10.1. The molecule has 5 heteroatoms. The number of ketones is 1. The largest absolute Gasteiger partial charge is 0.382 e. The van der Waals surface area contributed by atoms with E-state index >= 15 is 0 Å². The van der Waals surface area contributed by atoms with Crippen molar-refractivity contribution >= 4 is 17.4 Å². The maximum Gasteiger partial charge on any atom is 0.231 e. The quantitative estimate of drug-likeness (QED) is 0.781. The molecule has 1 aromatic carbocycles. The van der Waals surface area contributed by atoms with E-state index in [1.165, 1.54) is 0 Å². The predicted octanol–water partition coefficient (Wildman–Crippen LogP) is 1.64. The van der Waals surface area contributed by atoms with Crippen LogP contribution in [0.1, 0.15) is 36.5 Å². The van der Waals surface area contributed by atoms with Gasteiger partial charge in [-0.15, -0.1) is 0 Å². The van der Waals surface area contributed by atoms with Gasteiger partial charge in [-0.2, -0.15) is 0 Å². The van der Waals surface area contributed by atoms with Crippen LogP contribution in [0.3, 0.4) is 0 Å². The number of primary amides is 1. The molecule has 0 saturated carbocycles. The molecule has 2 rings (SSSR count). The third-order valence-corrected chi connectivity index (χ3v) is 3.87. The fraction of sp³-hybridized carbons (Fsp3) is 0.500. The number of carbonyl (C=O) groups excluding carboxylic acids is 2. The van der Waals surface area contributed by atoms with Crippen molar-refractivity contribution in [3.63, 3.8) is 0 Å². The van der Waals surface area contributed by atoms with E-state index in [9.17, 15) is 9.59 Å². The highest BCUT2D eigenvalue weighted by atomic mass is 16.1. The number of rotatable bonds is 6. The number of piperidine rings is 1. The summed E-state index contributed by atoms with van der Waals surface area (Å²) < 4.78 is 0. The number of hydrogen-bond donors (Lipinski definition) is 2. The van der Waals surface area contributed by atoms with Gasteiger partial charge in [-0.3, -0.25) is 14.5 Å². The van der Waals surface area contributed by atoms with Gasteiger partial charge in [0.25, 0.3) is 0 Å². The van der Waals surface area contributed by atoms with Gasteiger partial charge in [0.2, 0.25) is 5.91 Å². The molecule has 1 saturated heterocycles. The Morgan fingerprint density at radius 3 is 2.38 bits per heavy atom. The second-order valence-electron chi connectivity index (χ2n) is 5.52. The SMILES string of the molecule is CCC(=O)c1ccc(NC2CCN(CC(N)=O)CC2)cc1. The lowest BCUT2D eigenvalue weighted by Gasteiger charge is -2.32. The molecule has 1 amide bonds. The van der Waals surface area contributed by atoms with Crippen molar-refractivity contribution in [2.45, 2.75) is 32.2 Å². The molecule has 1 aliphatic rings. The maximum absolute atomic E-state index is 11.6. The third kappa shape index (κ3) is 4.56. The lowest BCUT2D eigenvalue weighted by molar-refractivity contribution is -0.119. The molecule has 0 spiro atoms. The fourth-order valence-corrected chi connectivity index (χ4v) is 2.65. The Balaban J connectivity index is 1.83. The number of nitrogens with one attached hydrogen (secondary N) is 1. The van der Waals surface area contributed by atoms with Crippen molar-refractivity contribution in [3.8, 4) is 0 Å². The lowest BCUT2D eigenvalue weighted by atomic mass is 10.0. The number of amides is 1. The number of carbonyl (C=O) groups is 2.